The van der Waals surface area contributed by atoms with E-state index in [9.17, 15) is 14.0 Å². The van der Waals surface area contributed by atoms with Crippen LogP contribution in [-0.4, -0.2) is 9.97 Å². The van der Waals surface area contributed by atoms with Gasteiger partial charge in [0.15, 0.2) is 0 Å². The van der Waals surface area contributed by atoms with Gasteiger partial charge in [0.05, 0.1) is 15.9 Å². The van der Waals surface area contributed by atoms with Crippen molar-refractivity contribution >= 4 is 27.0 Å². The summed E-state index contributed by atoms with van der Waals surface area (Å²) in [5, 5.41) is 0. The molecular formula is C15H10BrFN2O2. The number of H-pyrrole nitrogens is 2. The Kier molecular flexibility index (Phi) is 3.47. The van der Waals surface area contributed by atoms with Gasteiger partial charge in [-0.1, -0.05) is 34.1 Å². The summed E-state index contributed by atoms with van der Waals surface area (Å²) in [5.74, 6) is -0.310. The molecule has 1 heterocycles. The number of hydrogen-bond acceptors (Lipinski definition) is 2. The molecule has 0 aliphatic carbocycles. The number of hydrogen-bond donors (Lipinski definition) is 2. The van der Waals surface area contributed by atoms with Gasteiger partial charge in [-0.2, -0.15) is 0 Å². The topological polar surface area (TPSA) is 65.7 Å². The van der Waals surface area contributed by atoms with E-state index in [2.05, 4.69) is 25.9 Å². The second-order valence-electron chi connectivity index (χ2n) is 4.63. The molecule has 0 fully saturated rings. The Morgan fingerprint density at radius 1 is 0.905 bits per heavy atom. The third kappa shape index (κ3) is 2.67. The Hall–Kier alpha value is -2.21. The fourth-order valence-corrected chi connectivity index (χ4v) is 2.72. The molecule has 2 N–H and O–H groups in total. The lowest BCUT2D eigenvalue weighted by Crippen LogP contribution is -2.28. The third-order valence-corrected chi connectivity index (χ3v) is 4.24. The predicted molar refractivity (Wildman–Crippen MR) is 82.4 cm³/mol. The number of fused-ring (bicyclic) bond motifs is 1. The zero-order chi connectivity index (χ0) is 15.0. The third-order valence-electron chi connectivity index (χ3n) is 3.18. The molecule has 0 aliphatic rings. The number of aromatic amines is 2. The average molecular weight is 349 g/mol. The van der Waals surface area contributed by atoms with Crippen LogP contribution in [0.25, 0.3) is 11.0 Å². The van der Waals surface area contributed by atoms with E-state index in [0.717, 1.165) is 11.1 Å². The molecule has 3 rings (SSSR count). The normalized spacial score (nSPS) is 12.5. The molecule has 1 atom stereocenters. The quantitative estimate of drug-likeness (QED) is 0.552. The van der Waals surface area contributed by atoms with Crippen molar-refractivity contribution in [2.24, 2.45) is 0 Å². The maximum absolute atomic E-state index is 13.3. The summed E-state index contributed by atoms with van der Waals surface area (Å²) in [6.07, 6.45) is 0. The van der Waals surface area contributed by atoms with Gasteiger partial charge in [-0.3, -0.25) is 9.59 Å². The number of alkyl halides is 1. The van der Waals surface area contributed by atoms with Crippen LogP contribution in [-0.2, 0) is 0 Å². The molecule has 0 saturated carbocycles. The first-order valence-corrected chi connectivity index (χ1v) is 7.12. The first-order chi connectivity index (χ1) is 10.0. The molecule has 0 radical (unpaired) electrons. The predicted octanol–water partition coefficient (Wildman–Crippen LogP) is 2.84. The smallest absolute Gasteiger partial charge is 0.314 e. The SMILES string of the molecule is O=c1[nH]c2ccc(C(Br)c3cccc(F)c3)cc2[nH]c1=O. The second kappa shape index (κ2) is 5.29. The highest BCUT2D eigenvalue weighted by atomic mass is 79.9. The van der Waals surface area contributed by atoms with E-state index in [1.165, 1.54) is 12.1 Å². The van der Waals surface area contributed by atoms with Crippen LogP contribution in [0.1, 0.15) is 16.0 Å². The van der Waals surface area contributed by atoms with Gasteiger partial charge in [0.2, 0.25) is 0 Å². The molecule has 6 heteroatoms. The molecule has 0 aliphatic heterocycles. The lowest BCUT2D eigenvalue weighted by Gasteiger charge is -2.11. The largest absolute Gasteiger partial charge is 0.316 e. The van der Waals surface area contributed by atoms with Crippen LogP contribution in [0.4, 0.5) is 4.39 Å². The van der Waals surface area contributed by atoms with Gasteiger partial charge in [-0.05, 0) is 35.4 Å². The summed E-state index contributed by atoms with van der Waals surface area (Å²) < 4.78 is 13.3. The van der Waals surface area contributed by atoms with Gasteiger partial charge in [0.25, 0.3) is 0 Å². The van der Waals surface area contributed by atoms with Crippen molar-refractivity contribution in [2.45, 2.75) is 4.83 Å². The van der Waals surface area contributed by atoms with Gasteiger partial charge >= 0.3 is 11.1 Å². The van der Waals surface area contributed by atoms with Crippen molar-refractivity contribution in [1.29, 1.82) is 0 Å². The van der Waals surface area contributed by atoms with E-state index < -0.39 is 11.1 Å². The van der Waals surface area contributed by atoms with E-state index in [1.807, 2.05) is 6.07 Å². The lowest BCUT2D eigenvalue weighted by atomic mass is 10.0. The van der Waals surface area contributed by atoms with Crippen molar-refractivity contribution in [3.63, 3.8) is 0 Å². The Balaban J connectivity index is 2.10. The molecule has 1 aromatic heterocycles. The maximum Gasteiger partial charge on any atom is 0.314 e. The number of nitrogens with one attached hydrogen (secondary N) is 2. The van der Waals surface area contributed by atoms with E-state index in [0.29, 0.717) is 11.0 Å². The summed E-state index contributed by atoms with van der Waals surface area (Å²) in [5.41, 5.74) is 1.30. The van der Waals surface area contributed by atoms with E-state index >= 15 is 0 Å². The Morgan fingerprint density at radius 3 is 2.29 bits per heavy atom. The van der Waals surface area contributed by atoms with Gasteiger partial charge in [-0.25, -0.2) is 4.39 Å². The van der Waals surface area contributed by atoms with Crippen LogP contribution in [0.2, 0.25) is 0 Å². The molecule has 21 heavy (non-hydrogen) atoms. The van der Waals surface area contributed by atoms with Gasteiger partial charge < -0.3 is 9.97 Å². The summed E-state index contributed by atoms with van der Waals surface area (Å²) in [6.45, 7) is 0. The van der Waals surface area contributed by atoms with Crippen molar-refractivity contribution in [3.8, 4) is 0 Å². The Bertz CT molecular complexity index is 933. The first-order valence-electron chi connectivity index (χ1n) is 6.20. The summed E-state index contributed by atoms with van der Waals surface area (Å²) in [6, 6.07) is 11.5. The highest BCUT2D eigenvalue weighted by Gasteiger charge is 2.12. The molecule has 1 unspecified atom stereocenters. The highest BCUT2D eigenvalue weighted by molar-refractivity contribution is 9.09. The summed E-state index contributed by atoms with van der Waals surface area (Å²) >= 11 is 3.52. The van der Waals surface area contributed by atoms with E-state index in [-0.39, 0.29) is 10.6 Å². The lowest BCUT2D eigenvalue weighted by molar-refractivity contribution is 0.626. The standard InChI is InChI=1S/C15H10BrFN2O2/c16-13(8-2-1-3-10(17)6-8)9-4-5-11-12(7-9)19-15(21)14(20)18-11/h1-7,13H,(H,18,20)(H,19,21). The minimum absolute atomic E-state index is 0.215. The second-order valence-corrected chi connectivity index (χ2v) is 5.55. The Labute approximate surface area is 126 Å². The maximum atomic E-state index is 13.3. The van der Waals surface area contributed by atoms with Crippen LogP contribution < -0.4 is 11.1 Å². The van der Waals surface area contributed by atoms with Crippen LogP contribution >= 0.6 is 15.9 Å². The molecule has 0 spiro atoms. The Morgan fingerprint density at radius 2 is 1.57 bits per heavy atom. The van der Waals surface area contributed by atoms with Crippen LogP contribution in [0, 0.1) is 5.82 Å². The molecule has 2 aromatic carbocycles. The molecule has 0 bridgehead atoms. The van der Waals surface area contributed by atoms with E-state index in [1.54, 1.807) is 24.3 Å². The molecule has 4 nitrogen and oxygen atoms in total. The fraction of sp³-hybridized carbons (Fsp3) is 0.0667. The highest BCUT2D eigenvalue weighted by Crippen LogP contribution is 2.31. The van der Waals surface area contributed by atoms with Gasteiger partial charge in [-0.15, -0.1) is 0 Å². The fourth-order valence-electron chi connectivity index (χ4n) is 2.15. The average Bonchev–Trinajstić information content (AvgIpc) is 2.47. The minimum Gasteiger partial charge on any atom is -0.316 e. The zero-order valence-corrected chi connectivity index (χ0v) is 12.3. The zero-order valence-electron chi connectivity index (χ0n) is 10.7. The van der Waals surface area contributed by atoms with Crippen LogP contribution in [0.3, 0.4) is 0 Å². The minimum atomic E-state index is -0.698. The first kappa shape index (κ1) is 13.8. The van der Waals surface area contributed by atoms with Gasteiger partial charge in [0, 0.05) is 0 Å². The van der Waals surface area contributed by atoms with Crippen molar-refractivity contribution in [1.82, 2.24) is 9.97 Å². The molecule has 0 saturated heterocycles. The van der Waals surface area contributed by atoms with Crippen LogP contribution in [0.5, 0.6) is 0 Å². The molecule has 3 aromatic rings. The number of benzene rings is 2. The van der Waals surface area contributed by atoms with Crippen LogP contribution in [0.15, 0.2) is 52.1 Å². The number of halogens is 2. The van der Waals surface area contributed by atoms with E-state index in [4.69, 9.17) is 0 Å². The summed E-state index contributed by atoms with van der Waals surface area (Å²) in [7, 11) is 0. The van der Waals surface area contributed by atoms with Gasteiger partial charge in [0.1, 0.15) is 5.82 Å². The summed E-state index contributed by atoms with van der Waals surface area (Å²) in [4.78, 5) is 27.4. The number of rotatable bonds is 2. The van der Waals surface area contributed by atoms with Crippen molar-refractivity contribution in [2.75, 3.05) is 0 Å². The van der Waals surface area contributed by atoms with Crippen molar-refractivity contribution in [3.05, 3.63) is 80.1 Å². The molecule has 106 valence electrons. The van der Waals surface area contributed by atoms with Crippen molar-refractivity contribution < 1.29 is 4.39 Å². The molecule has 0 amide bonds. The monoisotopic (exact) mass is 348 g/mol. The number of aromatic nitrogens is 2. The molecular weight excluding hydrogens is 339 g/mol.